The maximum absolute atomic E-state index is 6.17. The van der Waals surface area contributed by atoms with Crippen LogP contribution in [-0.4, -0.2) is 13.7 Å². The molecular weight excluding hydrogens is 236 g/mol. The number of methoxy groups -OCH3 is 1. The Hall–Kier alpha value is -0.770. The van der Waals surface area contributed by atoms with E-state index < -0.39 is 0 Å². The molecule has 0 radical (unpaired) electrons. The average Bonchev–Trinajstić information content (AvgIpc) is 2.31. The highest BCUT2D eigenvalue weighted by Gasteiger charge is 2.16. The van der Waals surface area contributed by atoms with Crippen molar-refractivity contribution in [3.8, 4) is 5.75 Å². The number of rotatable bonds is 5. The van der Waals surface area contributed by atoms with E-state index in [2.05, 4.69) is 6.92 Å². The van der Waals surface area contributed by atoms with Gasteiger partial charge in [-0.2, -0.15) is 0 Å². The summed E-state index contributed by atoms with van der Waals surface area (Å²) in [6.07, 6.45) is 0.826. The predicted molar refractivity (Wildman–Crippen MR) is 72.5 cm³/mol. The van der Waals surface area contributed by atoms with Gasteiger partial charge in [-0.15, -0.1) is 0 Å². The lowest BCUT2D eigenvalue weighted by atomic mass is 9.95. The lowest BCUT2D eigenvalue weighted by Gasteiger charge is -2.19. The predicted octanol–water partition coefficient (Wildman–Crippen LogP) is 2.64. The van der Waals surface area contributed by atoms with E-state index in [9.17, 15) is 0 Å². The van der Waals surface area contributed by atoms with Crippen molar-refractivity contribution in [1.29, 1.82) is 0 Å². The molecule has 0 aliphatic carbocycles. The van der Waals surface area contributed by atoms with Gasteiger partial charge in [0.15, 0.2) is 0 Å². The van der Waals surface area contributed by atoms with Crippen molar-refractivity contribution < 1.29 is 4.74 Å². The smallest absolute Gasteiger partial charge is 0.123 e. The molecule has 1 aromatic rings. The Labute approximate surface area is 108 Å². The van der Waals surface area contributed by atoms with Gasteiger partial charge in [0, 0.05) is 16.6 Å². The fourth-order valence-electron chi connectivity index (χ4n) is 1.79. The minimum Gasteiger partial charge on any atom is -0.496 e. The quantitative estimate of drug-likeness (QED) is 0.851. The maximum Gasteiger partial charge on any atom is 0.123 e. The summed E-state index contributed by atoms with van der Waals surface area (Å²) in [5.74, 6) is 1.18. The fraction of sp³-hybridized carbons (Fsp3) is 0.538. The number of ether oxygens (including phenoxy) is 1. The van der Waals surface area contributed by atoms with Crippen LogP contribution >= 0.6 is 11.6 Å². The minimum atomic E-state index is -0.0957. The molecule has 0 aliphatic rings. The van der Waals surface area contributed by atoms with E-state index in [1.807, 2.05) is 19.1 Å². The molecule has 0 fully saturated rings. The molecule has 0 aliphatic heterocycles. The van der Waals surface area contributed by atoms with Gasteiger partial charge in [-0.3, -0.25) is 0 Å². The van der Waals surface area contributed by atoms with E-state index in [4.69, 9.17) is 27.8 Å². The van der Waals surface area contributed by atoms with E-state index in [-0.39, 0.29) is 6.04 Å². The van der Waals surface area contributed by atoms with Crippen molar-refractivity contribution in [1.82, 2.24) is 0 Å². The molecule has 1 rings (SSSR count). The Morgan fingerprint density at radius 1 is 1.41 bits per heavy atom. The molecule has 0 saturated carbocycles. The molecule has 0 aromatic heterocycles. The zero-order valence-electron chi connectivity index (χ0n) is 10.7. The van der Waals surface area contributed by atoms with Crippen molar-refractivity contribution in [2.75, 3.05) is 13.7 Å². The van der Waals surface area contributed by atoms with Crippen LogP contribution in [0.25, 0.3) is 0 Å². The lowest BCUT2D eigenvalue weighted by Crippen LogP contribution is -2.19. The normalized spacial score (nSPS) is 14.5. The SMILES string of the molecule is COc1cc(C)c(Cl)cc1C(N)CC(C)CN. The summed E-state index contributed by atoms with van der Waals surface area (Å²) in [6.45, 7) is 4.67. The van der Waals surface area contributed by atoms with Crippen LogP contribution in [0.4, 0.5) is 0 Å². The van der Waals surface area contributed by atoms with E-state index in [0.717, 1.165) is 28.3 Å². The molecule has 4 heteroatoms. The molecule has 0 amide bonds. The van der Waals surface area contributed by atoms with Gasteiger partial charge in [-0.25, -0.2) is 0 Å². The van der Waals surface area contributed by atoms with E-state index in [1.54, 1.807) is 7.11 Å². The number of hydrogen-bond acceptors (Lipinski definition) is 3. The molecule has 17 heavy (non-hydrogen) atoms. The van der Waals surface area contributed by atoms with Crippen molar-refractivity contribution in [2.24, 2.45) is 17.4 Å². The Morgan fingerprint density at radius 2 is 2.06 bits per heavy atom. The molecule has 0 spiro atoms. The summed E-state index contributed by atoms with van der Waals surface area (Å²) in [6, 6.07) is 3.72. The number of hydrogen-bond donors (Lipinski definition) is 2. The first-order chi connectivity index (χ1) is 7.99. The first kappa shape index (κ1) is 14.3. The van der Waals surface area contributed by atoms with Crippen LogP contribution in [0.15, 0.2) is 12.1 Å². The van der Waals surface area contributed by atoms with Crippen molar-refractivity contribution in [2.45, 2.75) is 26.3 Å². The third kappa shape index (κ3) is 3.60. The molecule has 0 bridgehead atoms. The molecule has 2 unspecified atom stereocenters. The van der Waals surface area contributed by atoms with Gasteiger partial charge in [-0.05, 0) is 43.5 Å². The summed E-state index contributed by atoms with van der Waals surface area (Å²) < 4.78 is 5.35. The molecule has 0 saturated heterocycles. The van der Waals surface area contributed by atoms with Crippen LogP contribution in [0, 0.1) is 12.8 Å². The van der Waals surface area contributed by atoms with Gasteiger partial charge in [0.2, 0.25) is 0 Å². The van der Waals surface area contributed by atoms with Gasteiger partial charge in [-0.1, -0.05) is 18.5 Å². The fourth-order valence-corrected chi connectivity index (χ4v) is 1.97. The standard InChI is InChI=1S/C13H21ClN2O/c1-8(7-15)4-12(16)10-6-11(14)9(2)5-13(10)17-3/h5-6,8,12H,4,7,15-16H2,1-3H3. The van der Waals surface area contributed by atoms with Gasteiger partial charge in [0.25, 0.3) is 0 Å². The van der Waals surface area contributed by atoms with Crippen LogP contribution in [0.2, 0.25) is 5.02 Å². The number of nitrogens with two attached hydrogens (primary N) is 2. The van der Waals surface area contributed by atoms with Crippen molar-refractivity contribution in [3.05, 3.63) is 28.3 Å². The Kier molecular flexibility index (Phi) is 5.25. The van der Waals surface area contributed by atoms with E-state index >= 15 is 0 Å². The van der Waals surface area contributed by atoms with Gasteiger partial charge >= 0.3 is 0 Å². The Bertz CT molecular complexity index is 382. The average molecular weight is 257 g/mol. The Balaban J connectivity index is 2.99. The number of halogens is 1. The summed E-state index contributed by atoms with van der Waals surface area (Å²) in [5, 5.41) is 0.719. The summed E-state index contributed by atoms with van der Waals surface area (Å²) in [5.41, 5.74) is 13.7. The summed E-state index contributed by atoms with van der Waals surface area (Å²) >= 11 is 6.12. The Morgan fingerprint density at radius 3 is 2.59 bits per heavy atom. The lowest BCUT2D eigenvalue weighted by molar-refractivity contribution is 0.397. The highest BCUT2D eigenvalue weighted by Crippen LogP contribution is 2.32. The maximum atomic E-state index is 6.17. The van der Waals surface area contributed by atoms with Crippen molar-refractivity contribution in [3.63, 3.8) is 0 Å². The largest absolute Gasteiger partial charge is 0.496 e. The minimum absolute atomic E-state index is 0.0957. The van der Waals surface area contributed by atoms with Crippen LogP contribution < -0.4 is 16.2 Å². The van der Waals surface area contributed by atoms with Crippen molar-refractivity contribution >= 4 is 11.6 Å². The zero-order valence-corrected chi connectivity index (χ0v) is 11.4. The highest BCUT2D eigenvalue weighted by molar-refractivity contribution is 6.31. The van der Waals surface area contributed by atoms with Crippen LogP contribution in [0.5, 0.6) is 5.75 Å². The molecule has 2 atom stereocenters. The molecule has 0 heterocycles. The van der Waals surface area contributed by atoms with Crippen LogP contribution in [-0.2, 0) is 0 Å². The van der Waals surface area contributed by atoms with Gasteiger partial charge in [0.05, 0.1) is 7.11 Å². The highest BCUT2D eigenvalue weighted by atomic mass is 35.5. The molecule has 1 aromatic carbocycles. The first-order valence-corrected chi connectivity index (χ1v) is 6.17. The number of aryl methyl sites for hydroxylation is 1. The second kappa shape index (κ2) is 6.24. The zero-order chi connectivity index (χ0) is 13.0. The third-order valence-corrected chi connectivity index (χ3v) is 3.38. The molecule has 4 N–H and O–H groups in total. The van der Waals surface area contributed by atoms with Crippen LogP contribution in [0.3, 0.4) is 0 Å². The second-order valence-electron chi connectivity index (χ2n) is 4.53. The monoisotopic (exact) mass is 256 g/mol. The number of benzene rings is 1. The first-order valence-electron chi connectivity index (χ1n) is 5.79. The van der Waals surface area contributed by atoms with Gasteiger partial charge < -0.3 is 16.2 Å². The van der Waals surface area contributed by atoms with Crippen LogP contribution in [0.1, 0.15) is 30.5 Å². The van der Waals surface area contributed by atoms with E-state index in [1.165, 1.54) is 0 Å². The molecule has 3 nitrogen and oxygen atoms in total. The molecular formula is C13H21ClN2O. The summed E-state index contributed by atoms with van der Waals surface area (Å²) in [4.78, 5) is 0. The van der Waals surface area contributed by atoms with Gasteiger partial charge in [0.1, 0.15) is 5.75 Å². The topological polar surface area (TPSA) is 61.3 Å². The van der Waals surface area contributed by atoms with E-state index in [0.29, 0.717) is 12.5 Å². The summed E-state index contributed by atoms with van der Waals surface area (Å²) in [7, 11) is 1.64. The molecule has 96 valence electrons. The second-order valence-corrected chi connectivity index (χ2v) is 4.93. The third-order valence-electron chi connectivity index (χ3n) is 2.97.